The summed E-state index contributed by atoms with van der Waals surface area (Å²) in [5, 5.41) is -0.926. The summed E-state index contributed by atoms with van der Waals surface area (Å²) in [6.07, 6.45) is 1.75. The maximum Gasteiger partial charge on any atom is 0.302 e. The van der Waals surface area contributed by atoms with E-state index >= 15 is 0 Å². The van der Waals surface area contributed by atoms with Gasteiger partial charge < -0.3 is 9.72 Å². The van der Waals surface area contributed by atoms with Gasteiger partial charge in [0.05, 0.1) is 17.1 Å². The Balaban J connectivity index is 2.03. The Bertz CT molecular complexity index is 1230. The van der Waals surface area contributed by atoms with Crippen molar-refractivity contribution in [1.29, 1.82) is 0 Å². The molecule has 1 aromatic heterocycles. The van der Waals surface area contributed by atoms with E-state index in [-0.39, 0.29) is 13.2 Å². The fourth-order valence-electron chi connectivity index (χ4n) is 3.36. The van der Waals surface area contributed by atoms with Crippen molar-refractivity contribution in [2.24, 2.45) is 0 Å². The van der Waals surface area contributed by atoms with Crippen molar-refractivity contribution >= 4 is 38.8 Å². The molecule has 0 saturated carbocycles. The number of H-pyrrole nitrogens is 1. The van der Waals surface area contributed by atoms with Gasteiger partial charge in [0, 0.05) is 18.8 Å². The second-order valence-corrected chi connectivity index (χ2v) is 10.7. The quantitative estimate of drug-likeness (QED) is 0.271. The molecular formula is C25H28N2O4S2. The lowest BCUT2D eigenvalue weighted by Crippen LogP contribution is -2.39. The molecule has 0 spiro atoms. The number of hydrogen-bond donors (Lipinski definition) is 1. The van der Waals surface area contributed by atoms with Crippen LogP contribution in [0.15, 0.2) is 60.8 Å². The van der Waals surface area contributed by atoms with Crippen molar-refractivity contribution in [3.63, 3.8) is 0 Å². The third-order valence-corrected chi connectivity index (χ3v) is 7.94. The second kappa shape index (κ2) is 10.3. The molecule has 0 saturated heterocycles. The third-order valence-electron chi connectivity index (χ3n) is 5.38. The number of nitrogens with one attached hydrogen (secondary N) is 1. The first-order valence-electron chi connectivity index (χ1n) is 10.6. The molecule has 0 aliphatic carbocycles. The zero-order chi connectivity index (χ0) is 24.2. The molecule has 3 rings (SSSR count). The molecule has 1 heterocycles. The van der Waals surface area contributed by atoms with Crippen molar-refractivity contribution in [2.75, 3.05) is 10.9 Å². The minimum absolute atomic E-state index is 0.111. The number of aromatic nitrogens is 1. The van der Waals surface area contributed by atoms with E-state index in [1.165, 1.54) is 18.2 Å². The Morgan fingerprint density at radius 3 is 2.42 bits per heavy atom. The van der Waals surface area contributed by atoms with Gasteiger partial charge in [-0.1, -0.05) is 48.1 Å². The number of benzene rings is 2. The monoisotopic (exact) mass is 484 g/mol. The van der Waals surface area contributed by atoms with E-state index in [2.05, 4.69) is 4.98 Å². The second-order valence-electron chi connectivity index (χ2n) is 8.05. The van der Waals surface area contributed by atoms with Crippen LogP contribution in [-0.2, 0) is 26.1 Å². The molecule has 0 aliphatic heterocycles. The molecule has 0 fully saturated rings. The smallest absolute Gasteiger partial charge is 0.302 e. The van der Waals surface area contributed by atoms with E-state index in [9.17, 15) is 13.2 Å². The van der Waals surface area contributed by atoms with Crippen LogP contribution >= 0.6 is 12.2 Å². The molecule has 8 heteroatoms. The average molecular weight is 485 g/mol. The molecule has 6 nitrogen and oxygen atoms in total. The summed E-state index contributed by atoms with van der Waals surface area (Å²) in [6, 6.07) is 17.0. The van der Waals surface area contributed by atoms with Crippen molar-refractivity contribution in [3.8, 4) is 0 Å². The van der Waals surface area contributed by atoms with Crippen LogP contribution in [0.5, 0.6) is 0 Å². The standard InChI is InChI=1S/C25H28N2O4S2/c1-17-7-10-21(11-8-17)25(32)24-14-23(12-9-18(24)2)27(15-22-6-5-13-26-22)33(29,30)19(3)16-31-20(4)28/h5-14,19,26H,15-16H2,1-4H3. The van der Waals surface area contributed by atoms with E-state index in [1.54, 1.807) is 12.3 Å². The van der Waals surface area contributed by atoms with Crippen LogP contribution in [0, 0.1) is 13.8 Å². The topological polar surface area (TPSA) is 79.5 Å². The lowest BCUT2D eigenvalue weighted by molar-refractivity contribution is -0.140. The van der Waals surface area contributed by atoms with Gasteiger partial charge in [-0.25, -0.2) is 8.42 Å². The minimum atomic E-state index is -3.86. The molecule has 0 radical (unpaired) electrons. The van der Waals surface area contributed by atoms with E-state index in [0.717, 1.165) is 27.9 Å². The first kappa shape index (κ1) is 24.7. The molecule has 174 valence electrons. The van der Waals surface area contributed by atoms with Gasteiger partial charge in [-0.05, 0) is 61.7 Å². The molecule has 0 amide bonds. The van der Waals surface area contributed by atoms with Crippen LogP contribution in [0.4, 0.5) is 5.69 Å². The van der Waals surface area contributed by atoms with Gasteiger partial charge in [0.25, 0.3) is 0 Å². The molecule has 1 atom stereocenters. The third kappa shape index (κ3) is 5.89. The van der Waals surface area contributed by atoms with Crippen LogP contribution in [0.1, 0.15) is 41.8 Å². The van der Waals surface area contributed by atoms with Gasteiger partial charge in [0.2, 0.25) is 10.0 Å². The highest BCUT2D eigenvalue weighted by atomic mass is 32.2. The molecule has 33 heavy (non-hydrogen) atoms. The number of sulfonamides is 1. The predicted molar refractivity (Wildman–Crippen MR) is 135 cm³/mol. The Kier molecular flexibility index (Phi) is 7.71. The number of carbonyl (C=O) groups is 1. The van der Waals surface area contributed by atoms with Gasteiger partial charge in [-0.2, -0.15) is 0 Å². The SMILES string of the molecule is CC(=O)OCC(C)S(=O)(=O)N(Cc1ccc[nH]1)c1ccc(C)c(C(=S)c2ccc(C)cc2)c1. The van der Waals surface area contributed by atoms with Gasteiger partial charge in [-0.3, -0.25) is 9.10 Å². The average Bonchev–Trinajstić information content (AvgIpc) is 3.29. The Morgan fingerprint density at radius 1 is 1.12 bits per heavy atom. The van der Waals surface area contributed by atoms with Gasteiger partial charge in [0.15, 0.2) is 0 Å². The number of hydrogen-bond acceptors (Lipinski definition) is 5. The number of rotatable bonds is 9. The number of esters is 1. The summed E-state index contributed by atoms with van der Waals surface area (Å²) in [4.78, 5) is 14.9. The lowest BCUT2D eigenvalue weighted by atomic mass is 9.99. The van der Waals surface area contributed by atoms with Gasteiger partial charge >= 0.3 is 5.97 Å². The van der Waals surface area contributed by atoms with Crippen LogP contribution in [-0.4, -0.2) is 36.1 Å². The fraction of sp³-hybridized carbons (Fsp3) is 0.280. The highest BCUT2D eigenvalue weighted by molar-refractivity contribution is 7.93. The van der Waals surface area contributed by atoms with Gasteiger partial charge in [-0.15, -0.1) is 0 Å². The summed E-state index contributed by atoms with van der Waals surface area (Å²) in [7, 11) is -3.86. The maximum atomic E-state index is 13.5. The molecular weight excluding hydrogens is 456 g/mol. The highest BCUT2D eigenvalue weighted by Crippen LogP contribution is 2.28. The largest absolute Gasteiger partial charge is 0.464 e. The van der Waals surface area contributed by atoms with Crippen LogP contribution in [0.25, 0.3) is 0 Å². The first-order chi connectivity index (χ1) is 15.6. The number of nitrogens with zero attached hydrogens (tertiary/aromatic N) is 1. The Hall–Kier alpha value is -2.97. The normalized spacial score (nSPS) is 12.2. The Morgan fingerprint density at radius 2 is 1.82 bits per heavy atom. The van der Waals surface area contributed by atoms with Crippen LogP contribution in [0.3, 0.4) is 0 Å². The van der Waals surface area contributed by atoms with E-state index in [0.29, 0.717) is 10.6 Å². The fourth-order valence-corrected chi connectivity index (χ4v) is 5.11. The zero-order valence-electron chi connectivity index (χ0n) is 19.2. The zero-order valence-corrected chi connectivity index (χ0v) is 20.8. The number of anilines is 1. The molecule has 0 bridgehead atoms. The Labute approximate surface area is 200 Å². The van der Waals surface area contributed by atoms with Crippen molar-refractivity contribution in [2.45, 2.75) is 39.5 Å². The van der Waals surface area contributed by atoms with Crippen molar-refractivity contribution in [1.82, 2.24) is 4.98 Å². The van der Waals surface area contributed by atoms with Crippen molar-refractivity contribution in [3.05, 3.63) is 88.7 Å². The number of aromatic amines is 1. The molecule has 1 N–H and O–H groups in total. The summed E-state index contributed by atoms with van der Waals surface area (Å²) in [5.74, 6) is -0.519. The van der Waals surface area contributed by atoms with Crippen LogP contribution < -0.4 is 4.31 Å². The number of aryl methyl sites for hydroxylation is 2. The maximum absolute atomic E-state index is 13.5. The van der Waals surface area contributed by atoms with Crippen molar-refractivity contribution < 1.29 is 17.9 Å². The highest BCUT2D eigenvalue weighted by Gasteiger charge is 2.31. The number of ether oxygens (including phenoxy) is 1. The number of thiocarbonyl (C=S) groups is 1. The first-order valence-corrected chi connectivity index (χ1v) is 12.5. The number of carbonyl (C=O) groups excluding carboxylic acids is 1. The summed E-state index contributed by atoms with van der Waals surface area (Å²) in [6.45, 7) is 6.64. The predicted octanol–water partition coefficient (Wildman–Crippen LogP) is 4.69. The van der Waals surface area contributed by atoms with E-state index in [4.69, 9.17) is 17.0 Å². The molecule has 2 aromatic carbocycles. The summed E-state index contributed by atoms with van der Waals surface area (Å²) < 4.78 is 33.4. The van der Waals surface area contributed by atoms with E-state index < -0.39 is 21.2 Å². The molecule has 1 unspecified atom stereocenters. The minimum Gasteiger partial charge on any atom is -0.464 e. The van der Waals surface area contributed by atoms with Crippen LogP contribution in [0.2, 0.25) is 0 Å². The summed E-state index contributed by atoms with van der Waals surface area (Å²) in [5.41, 5.74) is 5.02. The summed E-state index contributed by atoms with van der Waals surface area (Å²) >= 11 is 5.76. The van der Waals surface area contributed by atoms with Gasteiger partial charge in [0.1, 0.15) is 11.9 Å². The lowest BCUT2D eigenvalue weighted by Gasteiger charge is -2.28. The molecule has 0 aliphatic rings. The molecule has 3 aromatic rings. The van der Waals surface area contributed by atoms with E-state index in [1.807, 2.05) is 62.4 Å².